The minimum Gasteiger partial charge on any atom is -0.493 e. The average Bonchev–Trinajstić information content (AvgIpc) is 3.02. The first-order valence-electron chi connectivity index (χ1n) is 9.52. The highest BCUT2D eigenvalue weighted by molar-refractivity contribution is 5.95. The Balaban J connectivity index is 1.85. The highest BCUT2D eigenvalue weighted by atomic mass is 19.1. The second kappa shape index (κ2) is 7.56. The minimum atomic E-state index is -0.704. The smallest absolute Gasteiger partial charge is 0.254 e. The number of hydrogen-bond acceptors (Lipinski definition) is 5. The van der Waals surface area contributed by atoms with Gasteiger partial charge in [-0.05, 0) is 13.0 Å². The Morgan fingerprint density at radius 1 is 1.37 bits per heavy atom. The summed E-state index contributed by atoms with van der Waals surface area (Å²) in [5, 5.41) is 13.0. The van der Waals surface area contributed by atoms with E-state index in [9.17, 15) is 18.7 Å². The number of nitrogens with zero attached hydrogens (tertiary/aromatic N) is 3. The Hall–Kier alpha value is -3.20. The van der Waals surface area contributed by atoms with Crippen LogP contribution in [0.3, 0.4) is 0 Å². The van der Waals surface area contributed by atoms with Gasteiger partial charge < -0.3 is 20.1 Å². The molecule has 158 valence electrons. The molecule has 0 bridgehead atoms. The number of carbonyl (C=O) groups excluding carboxylic acids is 1. The standard InChI is InChI=1S/C21H22F2N4O3/c1-11-17(10-28)27-9-12(21(29)26(2)3)6-16(20(27)24-11)25-15-4-5-30-18-8-13(22)7-14(23)19(15)18/h6-9,15,25,28H,4-5,10H2,1-3H3. The predicted molar refractivity (Wildman–Crippen MR) is 107 cm³/mol. The van der Waals surface area contributed by atoms with Gasteiger partial charge in [0.15, 0.2) is 5.65 Å². The lowest BCUT2D eigenvalue weighted by Gasteiger charge is -2.28. The Kier molecular flexibility index (Phi) is 5.07. The Morgan fingerprint density at radius 3 is 2.83 bits per heavy atom. The molecule has 0 saturated carbocycles. The van der Waals surface area contributed by atoms with Crippen molar-refractivity contribution in [1.82, 2.24) is 14.3 Å². The number of imidazole rings is 1. The van der Waals surface area contributed by atoms with E-state index >= 15 is 0 Å². The van der Waals surface area contributed by atoms with E-state index < -0.39 is 17.7 Å². The number of ether oxygens (including phenoxy) is 1. The van der Waals surface area contributed by atoms with Gasteiger partial charge in [-0.15, -0.1) is 0 Å². The first-order chi connectivity index (χ1) is 14.3. The molecule has 0 spiro atoms. The zero-order chi connectivity index (χ0) is 21.6. The van der Waals surface area contributed by atoms with Gasteiger partial charge in [0.05, 0.1) is 47.5 Å². The average molecular weight is 416 g/mol. The number of hydrogen-bond donors (Lipinski definition) is 2. The SMILES string of the molecule is Cc1nc2c(NC3CCOc4cc(F)cc(F)c43)cc(C(=O)N(C)C)cn2c1CO. The van der Waals surface area contributed by atoms with Crippen LogP contribution < -0.4 is 10.1 Å². The van der Waals surface area contributed by atoms with Crippen molar-refractivity contribution in [3.05, 3.63) is 58.5 Å². The maximum absolute atomic E-state index is 14.6. The van der Waals surface area contributed by atoms with Crippen molar-refractivity contribution in [1.29, 1.82) is 0 Å². The van der Waals surface area contributed by atoms with Gasteiger partial charge in [0.25, 0.3) is 5.91 Å². The molecule has 30 heavy (non-hydrogen) atoms. The van der Waals surface area contributed by atoms with Gasteiger partial charge in [-0.2, -0.15) is 0 Å². The number of rotatable bonds is 4. The number of pyridine rings is 1. The Bertz CT molecular complexity index is 1140. The van der Waals surface area contributed by atoms with Gasteiger partial charge in [0.2, 0.25) is 0 Å². The number of halogens is 2. The van der Waals surface area contributed by atoms with Crippen molar-refractivity contribution in [3.8, 4) is 5.75 Å². The predicted octanol–water partition coefficient (Wildman–Crippen LogP) is 3.05. The normalized spacial score (nSPS) is 15.6. The third-order valence-corrected chi connectivity index (χ3v) is 5.22. The number of amides is 1. The maximum Gasteiger partial charge on any atom is 0.254 e. The van der Waals surface area contributed by atoms with Crippen LogP contribution in [0.1, 0.15) is 39.8 Å². The molecule has 3 aromatic rings. The van der Waals surface area contributed by atoms with E-state index in [1.807, 2.05) is 0 Å². The van der Waals surface area contributed by atoms with Crippen LogP contribution in [0.25, 0.3) is 5.65 Å². The molecule has 0 radical (unpaired) electrons. The summed E-state index contributed by atoms with van der Waals surface area (Å²) in [6, 6.07) is 3.14. The van der Waals surface area contributed by atoms with Crippen LogP contribution >= 0.6 is 0 Å². The van der Waals surface area contributed by atoms with Gasteiger partial charge >= 0.3 is 0 Å². The van der Waals surface area contributed by atoms with Gasteiger partial charge in [0.1, 0.15) is 17.4 Å². The van der Waals surface area contributed by atoms with Crippen LogP contribution in [0.5, 0.6) is 5.75 Å². The lowest BCUT2D eigenvalue weighted by Crippen LogP contribution is -2.24. The number of anilines is 1. The molecule has 2 aromatic heterocycles. The summed E-state index contributed by atoms with van der Waals surface area (Å²) in [7, 11) is 3.29. The second-order valence-corrected chi connectivity index (χ2v) is 7.47. The summed E-state index contributed by atoms with van der Waals surface area (Å²) in [5.74, 6) is -1.47. The number of aryl methyl sites for hydroxylation is 1. The molecule has 2 N–H and O–H groups in total. The molecule has 0 saturated heterocycles. The molecule has 1 amide bonds. The number of carbonyl (C=O) groups is 1. The molecule has 0 aliphatic carbocycles. The highest BCUT2D eigenvalue weighted by Gasteiger charge is 2.28. The summed E-state index contributed by atoms with van der Waals surface area (Å²) in [4.78, 5) is 18.6. The van der Waals surface area contributed by atoms with Crippen molar-refractivity contribution in [2.75, 3.05) is 26.0 Å². The first kappa shape index (κ1) is 20.1. The van der Waals surface area contributed by atoms with Crippen LogP contribution in [0.2, 0.25) is 0 Å². The maximum atomic E-state index is 14.6. The molecule has 4 rings (SSSR count). The topological polar surface area (TPSA) is 79.1 Å². The highest BCUT2D eigenvalue weighted by Crippen LogP contribution is 2.38. The van der Waals surface area contributed by atoms with E-state index in [4.69, 9.17) is 4.74 Å². The zero-order valence-electron chi connectivity index (χ0n) is 16.9. The summed E-state index contributed by atoms with van der Waals surface area (Å²) >= 11 is 0. The number of nitrogens with one attached hydrogen (secondary N) is 1. The minimum absolute atomic E-state index is 0.156. The van der Waals surface area contributed by atoms with Crippen molar-refractivity contribution in [2.45, 2.75) is 26.0 Å². The van der Waals surface area contributed by atoms with E-state index in [0.717, 1.165) is 12.1 Å². The lowest BCUT2D eigenvalue weighted by atomic mass is 9.99. The van der Waals surface area contributed by atoms with E-state index in [1.165, 1.54) is 4.90 Å². The van der Waals surface area contributed by atoms with E-state index in [1.54, 1.807) is 37.7 Å². The molecule has 1 aliphatic rings. The summed E-state index contributed by atoms with van der Waals surface area (Å²) in [5.41, 5.74) is 2.80. The molecule has 1 aromatic carbocycles. The van der Waals surface area contributed by atoms with Crippen LogP contribution in [0.15, 0.2) is 24.4 Å². The molecule has 1 atom stereocenters. The van der Waals surface area contributed by atoms with Crippen LogP contribution in [-0.2, 0) is 6.61 Å². The summed E-state index contributed by atoms with van der Waals surface area (Å²) in [6.45, 7) is 1.80. The molecular formula is C21H22F2N4O3. The van der Waals surface area contributed by atoms with E-state index in [2.05, 4.69) is 10.3 Å². The van der Waals surface area contributed by atoms with Crippen molar-refractivity contribution in [2.24, 2.45) is 0 Å². The first-order valence-corrected chi connectivity index (χ1v) is 9.52. The molecule has 3 heterocycles. The quantitative estimate of drug-likeness (QED) is 0.684. The van der Waals surface area contributed by atoms with Gasteiger partial charge in [-0.3, -0.25) is 9.20 Å². The van der Waals surface area contributed by atoms with Gasteiger partial charge in [-0.1, -0.05) is 0 Å². The fraction of sp³-hybridized carbons (Fsp3) is 0.333. The molecular weight excluding hydrogens is 394 g/mol. The number of aromatic nitrogens is 2. The third-order valence-electron chi connectivity index (χ3n) is 5.22. The fourth-order valence-electron chi connectivity index (χ4n) is 3.76. The third kappa shape index (κ3) is 3.35. The van der Waals surface area contributed by atoms with E-state index in [0.29, 0.717) is 34.7 Å². The second-order valence-electron chi connectivity index (χ2n) is 7.47. The summed E-state index contributed by atoms with van der Waals surface area (Å²) in [6.07, 6.45) is 2.07. The number of benzene rings is 1. The van der Waals surface area contributed by atoms with Crippen molar-refractivity contribution >= 4 is 17.2 Å². The molecule has 1 aliphatic heterocycles. The van der Waals surface area contributed by atoms with Gasteiger partial charge in [0, 0.05) is 38.8 Å². The zero-order valence-corrected chi connectivity index (χ0v) is 16.9. The number of aliphatic hydroxyl groups is 1. The fourth-order valence-corrected chi connectivity index (χ4v) is 3.76. The van der Waals surface area contributed by atoms with Crippen molar-refractivity contribution in [3.63, 3.8) is 0 Å². The number of fused-ring (bicyclic) bond motifs is 2. The Morgan fingerprint density at radius 2 is 2.13 bits per heavy atom. The molecule has 1 unspecified atom stereocenters. The van der Waals surface area contributed by atoms with Crippen molar-refractivity contribution < 1.29 is 23.4 Å². The molecule has 7 nitrogen and oxygen atoms in total. The monoisotopic (exact) mass is 416 g/mol. The largest absolute Gasteiger partial charge is 0.493 e. The van der Waals surface area contributed by atoms with Gasteiger partial charge in [-0.25, -0.2) is 13.8 Å². The summed E-state index contributed by atoms with van der Waals surface area (Å²) < 4.78 is 35.3. The van der Waals surface area contributed by atoms with Crippen LogP contribution in [0, 0.1) is 18.6 Å². The van der Waals surface area contributed by atoms with Crippen LogP contribution in [-0.4, -0.2) is 46.0 Å². The number of aliphatic hydroxyl groups excluding tert-OH is 1. The van der Waals surface area contributed by atoms with E-state index in [-0.39, 0.29) is 30.4 Å². The molecule has 9 heteroatoms. The lowest BCUT2D eigenvalue weighted by molar-refractivity contribution is 0.0827. The van der Waals surface area contributed by atoms with Crippen LogP contribution in [0.4, 0.5) is 14.5 Å². The Labute approximate surface area is 171 Å². The molecule has 0 fully saturated rings.